The van der Waals surface area contributed by atoms with Crippen molar-refractivity contribution in [1.82, 2.24) is 14.8 Å². The Morgan fingerprint density at radius 1 is 1.33 bits per heavy atom. The molecule has 0 fully saturated rings. The van der Waals surface area contributed by atoms with E-state index >= 15 is 0 Å². The average molecular weight is 169 g/mol. The molecule has 1 aromatic heterocycles. The van der Waals surface area contributed by atoms with Gasteiger partial charge in [0.05, 0.1) is 0 Å². The lowest BCUT2D eigenvalue weighted by Gasteiger charge is -2.18. The molecule has 0 aliphatic carbocycles. The van der Waals surface area contributed by atoms with Gasteiger partial charge in [-0.2, -0.15) is 0 Å². The van der Waals surface area contributed by atoms with E-state index in [2.05, 4.69) is 10.2 Å². The van der Waals surface area contributed by atoms with E-state index < -0.39 is 11.7 Å². The maximum atomic E-state index is 11.2. The van der Waals surface area contributed by atoms with Crippen LogP contribution in [0.2, 0.25) is 0 Å². The van der Waals surface area contributed by atoms with Gasteiger partial charge < -0.3 is 4.74 Å². The first-order valence-electron chi connectivity index (χ1n) is 3.57. The van der Waals surface area contributed by atoms with Crippen LogP contribution >= 0.6 is 0 Å². The summed E-state index contributed by atoms with van der Waals surface area (Å²) in [6, 6.07) is 0. The van der Waals surface area contributed by atoms with E-state index in [1.807, 2.05) is 0 Å². The van der Waals surface area contributed by atoms with Crippen LogP contribution in [0.25, 0.3) is 0 Å². The van der Waals surface area contributed by atoms with Crippen LogP contribution < -0.4 is 0 Å². The minimum absolute atomic E-state index is 0.465. The Hall–Kier alpha value is -1.39. The molecule has 1 heterocycles. The van der Waals surface area contributed by atoms with Gasteiger partial charge in [0.2, 0.25) is 0 Å². The van der Waals surface area contributed by atoms with Gasteiger partial charge in [-0.15, -0.1) is 10.2 Å². The maximum Gasteiger partial charge on any atom is 0.421 e. The lowest BCUT2D eigenvalue weighted by atomic mass is 10.2. The largest absolute Gasteiger partial charge is 0.443 e. The molecule has 0 bridgehead atoms. The second kappa shape index (κ2) is 2.92. The lowest BCUT2D eigenvalue weighted by molar-refractivity contribution is 0.0536. The topological polar surface area (TPSA) is 57.0 Å². The number of carbonyl (C=O) groups excluding carboxylic acids is 1. The number of ether oxygens (including phenoxy) is 1. The fourth-order valence-electron chi connectivity index (χ4n) is 0.610. The predicted octanol–water partition coefficient (Wildman–Crippen LogP) is 1.06. The van der Waals surface area contributed by atoms with E-state index in [1.54, 1.807) is 20.8 Å². The molecule has 0 saturated carbocycles. The van der Waals surface area contributed by atoms with Gasteiger partial charge >= 0.3 is 6.09 Å². The fraction of sp³-hybridized carbons (Fsp3) is 0.571. The summed E-state index contributed by atoms with van der Waals surface area (Å²) in [7, 11) is 0. The highest BCUT2D eigenvalue weighted by Gasteiger charge is 2.17. The van der Waals surface area contributed by atoms with Crippen molar-refractivity contribution in [1.29, 1.82) is 0 Å². The van der Waals surface area contributed by atoms with E-state index in [9.17, 15) is 4.79 Å². The second-order valence-electron chi connectivity index (χ2n) is 3.35. The Morgan fingerprint density at radius 2 is 1.83 bits per heavy atom. The van der Waals surface area contributed by atoms with Crippen molar-refractivity contribution in [3.05, 3.63) is 12.7 Å². The molecule has 0 aliphatic rings. The van der Waals surface area contributed by atoms with E-state index in [-0.39, 0.29) is 0 Å². The lowest BCUT2D eigenvalue weighted by Crippen LogP contribution is -2.26. The summed E-state index contributed by atoms with van der Waals surface area (Å²) < 4.78 is 6.21. The van der Waals surface area contributed by atoms with Gasteiger partial charge in [-0.3, -0.25) is 0 Å². The van der Waals surface area contributed by atoms with Crippen LogP contribution in [0.3, 0.4) is 0 Å². The van der Waals surface area contributed by atoms with E-state index in [4.69, 9.17) is 4.74 Å². The second-order valence-corrected chi connectivity index (χ2v) is 3.35. The van der Waals surface area contributed by atoms with Crippen LogP contribution in [0.5, 0.6) is 0 Å². The first kappa shape index (κ1) is 8.70. The Balaban J connectivity index is 2.63. The van der Waals surface area contributed by atoms with E-state index in [1.165, 1.54) is 17.2 Å². The van der Waals surface area contributed by atoms with Crippen molar-refractivity contribution in [3.8, 4) is 0 Å². The van der Waals surface area contributed by atoms with Crippen LogP contribution in [0.4, 0.5) is 4.79 Å². The number of nitrogens with zero attached hydrogens (tertiary/aromatic N) is 3. The summed E-state index contributed by atoms with van der Waals surface area (Å²) in [6.45, 7) is 5.40. The molecule has 0 saturated heterocycles. The number of hydrogen-bond donors (Lipinski definition) is 0. The van der Waals surface area contributed by atoms with E-state index in [0.29, 0.717) is 0 Å². The SMILES string of the molecule is CC(C)(C)OC(=O)n1cnnc1. The quantitative estimate of drug-likeness (QED) is 0.582. The molecule has 0 radical (unpaired) electrons. The summed E-state index contributed by atoms with van der Waals surface area (Å²) in [5.41, 5.74) is -0.485. The molecule has 66 valence electrons. The zero-order valence-corrected chi connectivity index (χ0v) is 7.31. The Bertz CT molecular complexity index is 261. The van der Waals surface area contributed by atoms with Gasteiger partial charge in [-0.1, -0.05) is 0 Å². The molecule has 0 aromatic carbocycles. The van der Waals surface area contributed by atoms with Crippen LogP contribution in [-0.4, -0.2) is 26.5 Å². The third kappa shape index (κ3) is 2.34. The number of rotatable bonds is 0. The van der Waals surface area contributed by atoms with Crippen LogP contribution in [0, 0.1) is 0 Å². The zero-order chi connectivity index (χ0) is 9.19. The van der Waals surface area contributed by atoms with Gasteiger partial charge in [0.1, 0.15) is 18.3 Å². The van der Waals surface area contributed by atoms with Crippen molar-refractivity contribution in [2.75, 3.05) is 0 Å². The predicted molar refractivity (Wildman–Crippen MR) is 41.7 cm³/mol. The minimum Gasteiger partial charge on any atom is -0.443 e. The van der Waals surface area contributed by atoms with Gasteiger partial charge in [0, 0.05) is 0 Å². The van der Waals surface area contributed by atoms with Crippen molar-refractivity contribution >= 4 is 6.09 Å². The maximum absolute atomic E-state index is 11.2. The third-order valence-corrected chi connectivity index (χ3v) is 1.02. The number of aromatic nitrogens is 3. The molecule has 5 heteroatoms. The Kier molecular flexibility index (Phi) is 2.12. The van der Waals surface area contributed by atoms with Gasteiger partial charge in [-0.05, 0) is 20.8 Å². The van der Waals surface area contributed by atoms with E-state index in [0.717, 1.165) is 0 Å². The minimum atomic E-state index is -0.485. The van der Waals surface area contributed by atoms with Crippen LogP contribution in [0.1, 0.15) is 20.8 Å². The van der Waals surface area contributed by atoms with Gasteiger partial charge in [0.25, 0.3) is 0 Å². The van der Waals surface area contributed by atoms with Crippen LogP contribution in [-0.2, 0) is 4.74 Å². The van der Waals surface area contributed by atoms with Gasteiger partial charge in [-0.25, -0.2) is 9.36 Å². The standard InChI is InChI=1S/C7H11N3O2/c1-7(2,3)12-6(11)10-4-8-9-5-10/h4-5H,1-3H3. The fourth-order valence-corrected chi connectivity index (χ4v) is 0.610. The third-order valence-electron chi connectivity index (χ3n) is 1.02. The number of carbonyl (C=O) groups is 1. The summed E-state index contributed by atoms with van der Waals surface area (Å²) in [6.07, 6.45) is 2.13. The number of hydrogen-bond acceptors (Lipinski definition) is 4. The van der Waals surface area contributed by atoms with Crippen molar-refractivity contribution < 1.29 is 9.53 Å². The highest BCUT2D eigenvalue weighted by atomic mass is 16.6. The van der Waals surface area contributed by atoms with Crippen molar-refractivity contribution in [2.24, 2.45) is 0 Å². The molecule has 5 nitrogen and oxygen atoms in total. The molecule has 1 aromatic rings. The molecule has 12 heavy (non-hydrogen) atoms. The Labute approximate surface area is 70.4 Å². The summed E-state index contributed by atoms with van der Waals surface area (Å²) in [4.78, 5) is 11.2. The molecule has 0 atom stereocenters. The summed E-state index contributed by atoms with van der Waals surface area (Å²) >= 11 is 0. The van der Waals surface area contributed by atoms with Crippen LogP contribution in [0.15, 0.2) is 12.7 Å². The van der Waals surface area contributed by atoms with Crippen molar-refractivity contribution in [2.45, 2.75) is 26.4 Å². The first-order valence-corrected chi connectivity index (χ1v) is 3.57. The molecule has 0 aliphatic heterocycles. The zero-order valence-electron chi connectivity index (χ0n) is 7.31. The van der Waals surface area contributed by atoms with Gasteiger partial charge in [0.15, 0.2) is 0 Å². The summed E-state index contributed by atoms with van der Waals surface area (Å²) in [5.74, 6) is 0. The average Bonchev–Trinajstić information content (AvgIpc) is 2.32. The molecule has 0 unspecified atom stereocenters. The highest BCUT2D eigenvalue weighted by molar-refractivity contribution is 5.70. The first-order chi connectivity index (χ1) is 5.49. The van der Waals surface area contributed by atoms with Crippen molar-refractivity contribution in [3.63, 3.8) is 0 Å². The monoisotopic (exact) mass is 169 g/mol. The molecular weight excluding hydrogens is 158 g/mol. The molecule has 0 N–H and O–H groups in total. The normalized spacial score (nSPS) is 11.2. The molecule has 0 spiro atoms. The summed E-state index contributed by atoms with van der Waals surface area (Å²) in [5, 5.41) is 6.97. The molecule has 0 amide bonds. The molecule has 1 rings (SSSR count). The smallest absolute Gasteiger partial charge is 0.421 e. The highest BCUT2D eigenvalue weighted by Crippen LogP contribution is 2.07. The Morgan fingerprint density at radius 3 is 2.25 bits per heavy atom. The molecular formula is C7H11N3O2.